The van der Waals surface area contributed by atoms with E-state index in [1.165, 1.54) is 38.5 Å². The van der Waals surface area contributed by atoms with Crippen LogP contribution in [0.25, 0.3) is 0 Å². The molecule has 0 bridgehead atoms. The van der Waals surface area contributed by atoms with Crippen molar-refractivity contribution in [2.75, 3.05) is 41.0 Å². The van der Waals surface area contributed by atoms with Crippen LogP contribution in [-0.2, 0) is 28.6 Å². The van der Waals surface area contributed by atoms with Crippen molar-refractivity contribution >= 4 is 17.9 Å². The third kappa shape index (κ3) is 38.1. The summed E-state index contributed by atoms with van der Waals surface area (Å²) in [4.78, 5) is 37.0. The van der Waals surface area contributed by atoms with Crippen LogP contribution < -0.4 is 0 Å². The molecule has 0 fully saturated rings. The van der Waals surface area contributed by atoms with E-state index in [2.05, 4.69) is 98.9 Å². The predicted octanol–water partition coefficient (Wildman–Crippen LogP) is 12.5. The molecule has 0 aliphatic heterocycles. The average Bonchev–Trinajstić information content (AvgIpc) is 3.18. The highest BCUT2D eigenvalue weighted by Crippen LogP contribution is 2.12. The number of carbonyl (C=O) groups is 3. The third-order valence-electron chi connectivity index (χ3n) is 9.53. The average molecular weight is 811 g/mol. The van der Waals surface area contributed by atoms with Crippen LogP contribution in [0.3, 0.4) is 0 Å². The number of allylic oxidation sites excluding steroid dienone is 14. The van der Waals surface area contributed by atoms with Gasteiger partial charge in [0.2, 0.25) is 0 Å². The van der Waals surface area contributed by atoms with Crippen molar-refractivity contribution in [1.82, 2.24) is 0 Å². The zero-order valence-corrected chi connectivity index (χ0v) is 37.5. The molecular weight excluding hydrogens is 727 g/mol. The van der Waals surface area contributed by atoms with Gasteiger partial charge in [-0.1, -0.05) is 137 Å². The number of carboxylic acids is 1. The van der Waals surface area contributed by atoms with Gasteiger partial charge < -0.3 is 23.8 Å². The van der Waals surface area contributed by atoms with E-state index in [4.69, 9.17) is 14.2 Å². The maximum atomic E-state index is 12.7. The molecule has 1 N–H and O–H groups in total. The number of unbranched alkanes of at least 4 members (excludes halogenated alkanes) is 11. The zero-order valence-electron chi connectivity index (χ0n) is 37.5. The second-order valence-corrected chi connectivity index (χ2v) is 15.9. The lowest BCUT2D eigenvalue weighted by molar-refractivity contribution is -0.887. The number of hydrogen-bond acceptors (Lipinski definition) is 6. The molecule has 0 amide bonds. The maximum absolute atomic E-state index is 12.7. The van der Waals surface area contributed by atoms with Gasteiger partial charge >= 0.3 is 17.9 Å². The summed E-state index contributed by atoms with van der Waals surface area (Å²) in [6.45, 7) is 4.52. The summed E-state index contributed by atoms with van der Waals surface area (Å²) in [7, 11) is 5.50. The second kappa shape index (κ2) is 40.3. The number of rotatable bonds is 39. The van der Waals surface area contributed by atoms with Crippen LogP contribution in [0.2, 0.25) is 0 Å². The van der Waals surface area contributed by atoms with E-state index in [9.17, 15) is 19.5 Å². The number of likely N-dealkylation sites (N-methyl/N-ethyl adjacent to an activating group) is 1. The van der Waals surface area contributed by atoms with Crippen LogP contribution in [0.5, 0.6) is 0 Å². The van der Waals surface area contributed by atoms with Gasteiger partial charge in [-0.05, 0) is 89.9 Å². The van der Waals surface area contributed by atoms with E-state index < -0.39 is 18.1 Å². The number of nitrogens with zero attached hydrogens (tertiary/aromatic N) is 1. The van der Waals surface area contributed by atoms with Crippen molar-refractivity contribution in [1.29, 1.82) is 0 Å². The molecule has 0 aliphatic carbocycles. The lowest BCUT2D eigenvalue weighted by atomic mass is 10.1. The third-order valence-corrected chi connectivity index (χ3v) is 9.53. The van der Waals surface area contributed by atoms with Crippen molar-refractivity contribution in [2.45, 2.75) is 174 Å². The Labute approximate surface area is 354 Å². The van der Waals surface area contributed by atoms with Gasteiger partial charge in [0.1, 0.15) is 6.61 Å². The lowest BCUT2D eigenvalue weighted by Crippen LogP contribution is -2.50. The molecule has 0 rings (SSSR count). The van der Waals surface area contributed by atoms with Gasteiger partial charge in [0.15, 0.2) is 12.1 Å². The zero-order chi connectivity index (χ0) is 42.8. The molecule has 8 nitrogen and oxygen atoms in total. The summed E-state index contributed by atoms with van der Waals surface area (Å²) in [5.41, 5.74) is 0. The number of carboxylic acid groups (broad SMARTS) is 1. The van der Waals surface area contributed by atoms with E-state index >= 15 is 0 Å². The van der Waals surface area contributed by atoms with Crippen molar-refractivity contribution in [3.63, 3.8) is 0 Å². The smallest absolute Gasteiger partial charge is 0.362 e. The highest BCUT2D eigenvalue weighted by atomic mass is 16.6. The van der Waals surface area contributed by atoms with E-state index in [-0.39, 0.29) is 42.7 Å². The van der Waals surface area contributed by atoms with E-state index in [1.807, 2.05) is 21.1 Å². The fourth-order valence-corrected chi connectivity index (χ4v) is 6.03. The minimum Gasteiger partial charge on any atom is -0.477 e. The van der Waals surface area contributed by atoms with Crippen LogP contribution in [0.4, 0.5) is 0 Å². The summed E-state index contributed by atoms with van der Waals surface area (Å²) >= 11 is 0. The van der Waals surface area contributed by atoms with Crippen molar-refractivity contribution in [3.8, 4) is 0 Å². The van der Waals surface area contributed by atoms with Gasteiger partial charge in [-0.2, -0.15) is 0 Å². The fourth-order valence-electron chi connectivity index (χ4n) is 6.03. The minimum absolute atomic E-state index is 0.0349. The van der Waals surface area contributed by atoms with Gasteiger partial charge in [-0.3, -0.25) is 9.59 Å². The Balaban J connectivity index is 4.42. The number of ether oxygens (including phenoxy) is 3. The molecule has 2 atom stereocenters. The number of hydrogen-bond donors (Lipinski definition) is 1. The normalized spacial score (nSPS) is 13.7. The predicted molar refractivity (Wildman–Crippen MR) is 243 cm³/mol. The summed E-state index contributed by atoms with van der Waals surface area (Å²) < 4.78 is 17.2. The van der Waals surface area contributed by atoms with Crippen LogP contribution in [0.15, 0.2) is 85.1 Å². The van der Waals surface area contributed by atoms with Gasteiger partial charge in [0.25, 0.3) is 0 Å². The van der Waals surface area contributed by atoms with Crippen molar-refractivity contribution < 1.29 is 38.2 Å². The number of carbonyl (C=O) groups excluding carboxylic acids is 2. The molecule has 0 aromatic carbocycles. The number of aliphatic carboxylic acids is 1. The Kier molecular flexibility index (Phi) is 37.9. The number of quaternary nitrogens is 1. The molecule has 8 heteroatoms. The first kappa shape index (κ1) is 54.5. The highest BCUT2D eigenvalue weighted by molar-refractivity contribution is 5.72. The SMILES string of the molecule is CC/C=C\C/C=C\C/C=C\C/C=C\CCCCC(=O)OC(COCCC(C(=O)O)[N+](C)(C)C)COC(=O)CCCCCCCC/C=C\C/C=C\C/C=C\CCCCC. The molecule has 330 valence electrons. The topological polar surface area (TPSA) is 99.1 Å². The lowest BCUT2D eigenvalue weighted by Gasteiger charge is -2.31. The quantitative estimate of drug-likeness (QED) is 0.0286. The molecule has 2 unspecified atom stereocenters. The molecule has 0 aliphatic rings. The summed E-state index contributed by atoms with van der Waals surface area (Å²) in [6.07, 6.45) is 52.0. The first-order valence-corrected chi connectivity index (χ1v) is 22.6. The monoisotopic (exact) mass is 811 g/mol. The Morgan fingerprint density at radius 1 is 0.534 bits per heavy atom. The summed E-state index contributed by atoms with van der Waals surface area (Å²) in [5.74, 6) is -1.55. The van der Waals surface area contributed by atoms with E-state index in [0.29, 0.717) is 19.3 Å². The Morgan fingerprint density at radius 2 is 0.966 bits per heavy atom. The van der Waals surface area contributed by atoms with E-state index in [0.717, 1.165) is 83.5 Å². The van der Waals surface area contributed by atoms with Crippen LogP contribution in [0, 0.1) is 0 Å². The molecule has 0 saturated carbocycles. The van der Waals surface area contributed by atoms with Gasteiger partial charge in [0.05, 0.1) is 34.4 Å². The van der Waals surface area contributed by atoms with Crippen molar-refractivity contribution in [2.24, 2.45) is 0 Å². The minimum atomic E-state index is -0.888. The summed E-state index contributed by atoms with van der Waals surface area (Å²) in [6, 6.07) is -0.629. The maximum Gasteiger partial charge on any atom is 0.362 e. The van der Waals surface area contributed by atoms with Crippen LogP contribution in [0.1, 0.15) is 162 Å². The fraction of sp³-hybridized carbons (Fsp3) is 0.660. The second-order valence-electron chi connectivity index (χ2n) is 15.9. The van der Waals surface area contributed by atoms with E-state index in [1.54, 1.807) is 0 Å². The Morgan fingerprint density at radius 3 is 1.47 bits per heavy atom. The molecule has 0 radical (unpaired) electrons. The Hall–Kier alpha value is -3.49. The molecule has 0 spiro atoms. The largest absolute Gasteiger partial charge is 0.477 e. The van der Waals surface area contributed by atoms with Crippen LogP contribution >= 0.6 is 0 Å². The number of esters is 2. The van der Waals surface area contributed by atoms with Gasteiger partial charge in [-0.25, -0.2) is 4.79 Å². The van der Waals surface area contributed by atoms with Crippen LogP contribution in [-0.4, -0.2) is 80.6 Å². The highest BCUT2D eigenvalue weighted by Gasteiger charge is 2.31. The molecule has 0 aromatic rings. The molecule has 0 saturated heterocycles. The summed E-state index contributed by atoms with van der Waals surface area (Å²) in [5, 5.41) is 9.62. The first-order valence-electron chi connectivity index (χ1n) is 22.6. The first-order chi connectivity index (χ1) is 28.1. The molecule has 58 heavy (non-hydrogen) atoms. The van der Waals surface area contributed by atoms with Gasteiger partial charge in [-0.15, -0.1) is 0 Å². The van der Waals surface area contributed by atoms with Gasteiger partial charge in [0, 0.05) is 19.3 Å². The standard InChI is InChI=1S/C50H83NO7/c1-6-8-10-12-14-16-18-20-22-23-24-25-27-28-30-32-34-36-38-40-48(52)57-45-46(44-56-43-42-47(50(54)55)51(3,4)5)58-49(53)41-39-37-35-33-31-29-26-21-19-17-15-13-11-9-7-2/h9,11,14-17,20-22,24-26,31,33,46-47H,6-8,10,12-13,18-19,23,27-30,32,34-45H2,1-5H3/p+1/b11-9-,16-14-,17-15-,22-20-,25-24-,26-21-,33-31-. The van der Waals surface area contributed by atoms with Crippen molar-refractivity contribution in [3.05, 3.63) is 85.1 Å². The molecular formula is C50H84NO7+. The molecule has 0 aromatic heterocycles. The Bertz CT molecular complexity index is 1220. The molecule has 0 heterocycles.